The van der Waals surface area contributed by atoms with E-state index < -0.39 is 0 Å². The maximum atomic E-state index is 13.4. The van der Waals surface area contributed by atoms with Crippen molar-refractivity contribution in [1.82, 2.24) is 0 Å². The fourth-order valence-electron chi connectivity index (χ4n) is 1.46. The highest BCUT2D eigenvalue weighted by Crippen LogP contribution is 2.40. The van der Waals surface area contributed by atoms with Crippen molar-refractivity contribution < 1.29 is 4.39 Å². The number of thiophene rings is 1. The molecule has 0 N–H and O–H groups in total. The van der Waals surface area contributed by atoms with E-state index in [9.17, 15) is 4.39 Å². The second-order valence-corrected chi connectivity index (χ2v) is 5.01. The standard InChI is InChI=1S/C11H10ClFS/c1-6(2)11-10(12)9-7(13)4-3-5-8(9)14-11/h3-6H,1-2H3. The summed E-state index contributed by atoms with van der Waals surface area (Å²) in [6.07, 6.45) is 0. The molecule has 0 amide bonds. The summed E-state index contributed by atoms with van der Waals surface area (Å²) in [5, 5.41) is 1.15. The largest absolute Gasteiger partial charge is 0.206 e. The van der Waals surface area contributed by atoms with E-state index in [1.807, 2.05) is 6.07 Å². The molecular weight excluding hydrogens is 219 g/mol. The third-order valence-corrected chi connectivity index (χ3v) is 4.12. The zero-order chi connectivity index (χ0) is 10.3. The Hall–Kier alpha value is -0.600. The molecule has 2 aromatic rings. The van der Waals surface area contributed by atoms with Crippen molar-refractivity contribution in [2.45, 2.75) is 19.8 Å². The van der Waals surface area contributed by atoms with Gasteiger partial charge in [-0.15, -0.1) is 11.3 Å². The Morgan fingerprint density at radius 2 is 2.07 bits per heavy atom. The number of hydrogen-bond donors (Lipinski definition) is 0. The smallest absolute Gasteiger partial charge is 0.133 e. The number of rotatable bonds is 1. The molecule has 3 heteroatoms. The fourth-order valence-corrected chi connectivity index (χ4v) is 3.15. The van der Waals surface area contributed by atoms with Gasteiger partial charge < -0.3 is 0 Å². The first kappa shape index (κ1) is 9.94. The van der Waals surface area contributed by atoms with Crippen LogP contribution in [0.3, 0.4) is 0 Å². The van der Waals surface area contributed by atoms with Gasteiger partial charge in [0.05, 0.1) is 5.02 Å². The minimum absolute atomic E-state index is 0.226. The molecule has 0 aliphatic carbocycles. The van der Waals surface area contributed by atoms with Crippen LogP contribution in [-0.4, -0.2) is 0 Å². The van der Waals surface area contributed by atoms with E-state index in [1.165, 1.54) is 6.07 Å². The number of halogens is 2. The number of fused-ring (bicyclic) bond motifs is 1. The minimum Gasteiger partial charge on any atom is -0.206 e. The first-order chi connectivity index (χ1) is 6.61. The van der Waals surface area contributed by atoms with Gasteiger partial charge in [-0.3, -0.25) is 0 Å². The zero-order valence-corrected chi connectivity index (χ0v) is 9.55. The normalized spacial score (nSPS) is 11.5. The van der Waals surface area contributed by atoms with E-state index in [0.29, 0.717) is 16.3 Å². The summed E-state index contributed by atoms with van der Waals surface area (Å²) in [4.78, 5) is 1.06. The Kier molecular flexibility index (Phi) is 2.50. The molecular formula is C11H10ClFS. The van der Waals surface area contributed by atoms with Crippen LogP contribution in [0.15, 0.2) is 18.2 Å². The SMILES string of the molecule is CC(C)c1sc2cccc(F)c2c1Cl. The summed E-state index contributed by atoms with van der Waals surface area (Å²) in [7, 11) is 0. The molecule has 0 aliphatic rings. The van der Waals surface area contributed by atoms with Gasteiger partial charge in [-0.1, -0.05) is 31.5 Å². The maximum Gasteiger partial charge on any atom is 0.133 e. The molecule has 0 atom stereocenters. The third-order valence-electron chi connectivity index (χ3n) is 2.16. The van der Waals surface area contributed by atoms with Gasteiger partial charge in [-0.25, -0.2) is 4.39 Å². The van der Waals surface area contributed by atoms with Crippen molar-refractivity contribution in [2.24, 2.45) is 0 Å². The molecule has 1 aromatic heterocycles. The predicted molar refractivity (Wildman–Crippen MR) is 60.9 cm³/mol. The van der Waals surface area contributed by atoms with Crippen LogP contribution in [0.5, 0.6) is 0 Å². The zero-order valence-electron chi connectivity index (χ0n) is 7.97. The van der Waals surface area contributed by atoms with Crippen molar-refractivity contribution in [2.75, 3.05) is 0 Å². The van der Waals surface area contributed by atoms with E-state index >= 15 is 0 Å². The lowest BCUT2D eigenvalue weighted by Crippen LogP contribution is -1.81. The van der Waals surface area contributed by atoms with Gasteiger partial charge >= 0.3 is 0 Å². The Bertz CT molecular complexity index is 473. The minimum atomic E-state index is -0.226. The highest BCUT2D eigenvalue weighted by Gasteiger charge is 2.15. The van der Waals surface area contributed by atoms with Crippen LogP contribution in [0.1, 0.15) is 24.6 Å². The van der Waals surface area contributed by atoms with E-state index in [4.69, 9.17) is 11.6 Å². The van der Waals surface area contributed by atoms with Crippen LogP contribution >= 0.6 is 22.9 Å². The van der Waals surface area contributed by atoms with Crippen LogP contribution in [-0.2, 0) is 0 Å². The lowest BCUT2D eigenvalue weighted by molar-refractivity contribution is 0.640. The third kappa shape index (κ3) is 1.43. The van der Waals surface area contributed by atoms with Gasteiger partial charge in [0.15, 0.2) is 0 Å². The number of hydrogen-bond acceptors (Lipinski definition) is 1. The van der Waals surface area contributed by atoms with E-state index in [1.54, 1.807) is 17.4 Å². The second kappa shape index (κ2) is 3.52. The van der Waals surface area contributed by atoms with E-state index in [0.717, 1.165) is 9.58 Å². The van der Waals surface area contributed by atoms with Crippen LogP contribution in [0.2, 0.25) is 5.02 Å². The molecule has 0 unspecified atom stereocenters. The van der Waals surface area contributed by atoms with Crippen molar-refractivity contribution in [3.8, 4) is 0 Å². The Balaban J connectivity index is 2.81. The van der Waals surface area contributed by atoms with Gasteiger partial charge in [0.2, 0.25) is 0 Å². The quantitative estimate of drug-likeness (QED) is 0.657. The molecule has 0 fully saturated rings. The Labute approximate surface area is 91.3 Å². The molecule has 0 bridgehead atoms. The molecule has 0 saturated carbocycles. The molecule has 2 rings (SSSR count). The highest BCUT2D eigenvalue weighted by atomic mass is 35.5. The number of benzene rings is 1. The van der Waals surface area contributed by atoms with Gasteiger partial charge in [0.25, 0.3) is 0 Å². The molecule has 0 nitrogen and oxygen atoms in total. The molecule has 0 saturated heterocycles. The van der Waals surface area contributed by atoms with Gasteiger partial charge in [0, 0.05) is 15.0 Å². The topological polar surface area (TPSA) is 0 Å². The van der Waals surface area contributed by atoms with Crippen LogP contribution in [0.4, 0.5) is 4.39 Å². The Morgan fingerprint density at radius 3 is 2.64 bits per heavy atom. The second-order valence-electron chi connectivity index (χ2n) is 3.55. The predicted octanol–water partition coefficient (Wildman–Crippen LogP) is 4.82. The maximum absolute atomic E-state index is 13.4. The van der Waals surface area contributed by atoms with Crippen LogP contribution in [0.25, 0.3) is 10.1 Å². The van der Waals surface area contributed by atoms with Crippen LogP contribution in [0, 0.1) is 5.82 Å². The highest BCUT2D eigenvalue weighted by molar-refractivity contribution is 7.19. The summed E-state index contributed by atoms with van der Waals surface area (Å²) in [5.74, 6) is 0.120. The monoisotopic (exact) mass is 228 g/mol. The average molecular weight is 229 g/mol. The van der Waals surface area contributed by atoms with Crippen molar-refractivity contribution >= 4 is 33.0 Å². The summed E-state index contributed by atoms with van der Waals surface area (Å²) < 4.78 is 14.4. The van der Waals surface area contributed by atoms with E-state index in [-0.39, 0.29) is 5.82 Å². The van der Waals surface area contributed by atoms with E-state index in [2.05, 4.69) is 13.8 Å². The van der Waals surface area contributed by atoms with Crippen molar-refractivity contribution in [1.29, 1.82) is 0 Å². The first-order valence-corrected chi connectivity index (χ1v) is 5.67. The summed E-state index contributed by atoms with van der Waals surface area (Å²) >= 11 is 7.70. The van der Waals surface area contributed by atoms with Gasteiger partial charge in [-0.2, -0.15) is 0 Å². The summed E-state index contributed by atoms with van der Waals surface area (Å²) in [6.45, 7) is 4.13. The molecule has 0 aliphatic heterocycles. The molecule has 1 heterocycles. The first-order valence-electron chi connectivity index (χ1n) is 4.47. The van der Waals surface area contributed by atoms with Gasteiger partial charge in [-0.05, 0) is 18.1 Å². The fraction of sp³-hybridized carbons (Fsp3) is 0.273. The molecule has 0 radical (unpaired) electrons. The summed E-state index contributed by atoms with van der Waals surface area (Å²) in [6, 6.07) is 5.07. The summed E-state index contributed by atoms with van der Waals surface area (Å²) in [5.41, 5.74) is 0. The van der Waals surface area contributed by atoms with Gasteiger partial charge in [0.1, 0.15) is 5.82 Å². The molecule has 14 heavy (non-hydrogen) atoms. The van der Waals surface area contributed by atoms with Crippen molar-refractivity contribution in [3.05, 3.63) is 33.9 Å². The lowest BCUT2D eigenvalue weighted by Gasteiger charge is -2.00. The molecule has 1 aromatic carbocycles. The molecule has 74 valence electrons. The average Bonchev–Trinajstić information content (AvgIpc) is 2.45. The Morgan fingerprint density at radius 1 is 1.36 bits per heavy atom. The molecule has 0 spiro atoms. The lowest BCUT2D eigenvalue weighted by atomic mass is 10.1. The van der Waals surface area contributed by atoms with Crippen LogP contribution < -0.4 is 0 Å². The van der Waals surface area contributed by atoms with Crippen molar-refractivity contribution in [3.63, 3.8) is 0 Å².